The Balaban J connectivity index is 1.44. The molecular formula is C23H26N2O5. The first kappa shape index (κ1) is 21.4. The molecule has 7 heteroatoms. The van der Waals surface area contributed by atoms with Crippen molar-refractivity contribution < 1.29 is 24.2 Å². The molecule has 0 heterocycles. The van der Waals surface area contributed by atoms with Gasteiger partial charge in [0.05, 0.1) is 0 Å². The van der Waals surface area contributed by atoms with Gasteiger partial charge in [0, 0.05) is 18.9 Å². The van der Waals surface area contributed by atoms with Gasteiger partial charge >= 0.3 is 12.1 Å². The van der Waals surface area contributed by atoms with Gasteiger partial charge in [-0.25, -0.2) is 9.59 Å². The van der Waals surface area contributed by atoms with Crippen LogP contribution in [0.15, 0.2) is 48.5 Å². The normalized spacial score (nSPS) is 13.1. The summed E-state index contributed by atoms with van der Waals surface area (Å²) in [6.45, 7) is 2.20. The standard InChI is InChI=1S/C23H26N2O5/c1-2-20(22(27)28)25-21(26)12-7-13-24-23(29)30-14-19-17-10-5-3-8-15(17)16-9-4-6-11-18(16)19/h3-6,8-11,19-20H,2,7,12-14H2,1H3,(H,24,29)(H,25,26)(H,27,28)/t20-/m1/s1. The minimum Gasteiger partial charge on any atom is -0.480 e. The van der Waals surface area contributed by atoms with Crippen LogP contribution >= 0.6 is 0 Å². The molecule has 0 saturated heterocycles. The van der Waals surface area contributed by atoms with Crippen molar-refractivity contribution >= 4 is 18.0 Å². The van der Waals surface area contributed by atoms with Crippen molar-refractivity contribution in [1.29, 1.82) is 0 Å². The summed E-state index contributed by atoms with van der Waals surface area (Å²) in [7, 11) is 0. The number of nitrogens with one attached hydrogen (secondary N) is 2. The summed E-state index contributed by atoms with van der Waals surface area (Å²) in [6.07, 6.45) is 0.313. The minimum atomic E-state index is -1.05. The third-order valence-electron chi connectivity index (χ3n) is 5.24. The van der Waals surface area contributed by atoms with E-state index in [-0.39, 0.29) is 31.4 Å². The Labute approximate surface area is 175 Å². The van der Waals surface area contributed by atoms with E-state index in [1.807, 2.05) is 24.3 Å². The average molecular weight is 410 g/mol. The minimum absolute atomic E-state index is 0.00377. The zero-order chi connectivity index (χ0) is 21.5. The zero-order valence-corrected chi connectivity index (χ0v) is 16.9. The number of carbonyl (C=O) groups is 3. The first-order valence-corrected chi connectivity index (χ1v) is 10.1. The van der Waals surface area contributed by atoms with E-state index in [2.05, 4.69) is 34.9 Å². The predicted molar refractivity (Wildman–Crippen MR) is 112 cm³/mol. The number of carboxylic acid groups (broad SMARTS) is 1. The van der Waals surface area contributed by atoms with Crippen molar-refractivity contribution in [2.45, 2.75) is 38.1 Å². The van der Waals surface area contributed by atoms with Crippen LogP contribution in [0.4, 0.5) is 4.79 Å². The average Bonchev–Trinajstić information content (AvgIpc) is 3.07. The van der Waals surface area contributed by atoms with E-state index in [0.29, 0.717) is 12.8 Å². The lowest BCUT2D eigenvalue weighted by Gasteiger charge is -2.15. The molecule has 158 valence electrons. The summed E-state index contributed by atoms with van der Waals surface area (Å²) in [5, 5.41) is 14.0. The maximum atomic E-state index is 12.1. The lowest BCUT2D eigenvalue weighted by molar-refractivity contribution is -0.141. The topological polar surface area (TPSA) is 105 Å². The number of aliphatic carboxylic acids is 1. The van der Waals surface area contributed by atoms with Gasteiger partial charge in [0.1, 0.15) is 12.6 Å². The van der Waals surface area contributed by atoms with Crippen LogP contribution in [-0.2, 0) is 14.3 Å². The van der Waals surface area contributed by atoms with Gasteiger partial charge in [-0.1, -0.05) is 55.5 Å². The van der Waals surface area contributed by atoms with E-state index >= 15 is 0 Å². The van der Waals surface area contributed by atoms with Gasteiger partial charge in [0.2, 0.25) is 5.91 Å². The van der Waals surface area contributed by atoms with E-state index in [9.17, 15) is 14.4 Å². The molecule has 7 nitrogen and oxygen atoms in total. The number of rotatable bonds is 9. The van der Waals surface area contributed by atoms with Crippen LogP contribution in [0.25, 0.3) is 11.1 Å². The molecule has 0 saturated carbocycles. The maximum Gasteiger partial charge on any atom is 0.407 e. The Bertz CT molecular complexity index is 882. The molecule has 0 bridgehead atoms. The number of fused-ring (bicyclic) bond motifs is 3. The molecule has 1 atom stereocenters. The summed E-state index contributed by atoms with van der Waals surface area (Å²) >= 11 is 0. The summed E-state index contributed by atoms with van der Waals surface area (Å²) in [6, 6.07) is 15.3. The Morgan fingerprint density at radius 1 is 1.03 bits per heavy atom. The molecule has 2 amide bonds. The summed E-state index contributed by atoms with van der Waals surface area (Å²) in [4.78, 5) is 34.8. The van der Waals surface area contributed by atoms with Crippen LogP contribution < -0.4 is 10.6 Å². The molecule has 0 aromatic heterocycles. The van der Waals surface area contributed by atoms with Crippen LogP contribution in [0, 0.1) is 0 Å². The molecule has 2 aromatic rings. The molecular weight excluding hydrogens is 384 g/mol. The number of ether oxygens (including phenoxy) is 1. The van der Waals surface area contributed by atoms with Crippen LogP contribution in [0.2, 0.25) is 0 Å². The van der Waals surface area contributed by atoms with Gasteiger partial charge in [-0.05, 0) is 35.1 Å². The fraction of sp³-hybridized carbons (Fsp3) is 0.348. The van der Waals surface area contributed by atoms with Crippen LogP contribution in [0.5, 0.6) is 0 Å². The molecule has 2 aromatic carbocycles. The molecule has 1 aliphatic rings. The SMILES string of the molecule is CC[C@@H](NC(=O)CCCNC(=O)OCC1c2ccccc2-c2ccccc21)C(=O)O. The van der Waals surface area contributed by atoms with E-state index in [4.69, 9.17) is 9.84 Å². The Kier molecular flexibility index (Phi) is 7.06. The molecule has 3 N–H and O–H groups in total. The fourth-order valence-corrected chi connectivity index (χ4v) is 3.69. The van der Waals surface area contributed by atoms with Gasteiger partial charge in [-0.15, -0.1) is 0 Å². The highest BCUT2D eigenvalue weighted by atomic mass is 16.5. The second-order valence-electron chi connectivity index (χ2n) is 7.22. The highest BCUT2D eigenvalue weighted by Gasteiger charge is 2.28. The van der Waals surface area contributed by atoms with Crippen molar-refractivity contribution in [3.05, 3.63) is 59.7 Å². The zero-order valence-electron chi connectivity index (χ0n) is 16.9. The van der Waals surface area contributed by atoms with Crippen LogP contribution in [0.1, 0.15) is 43.2 Å². The highest BCUT2D eigenvalue weighted by molar-refractivity contribution is 5.83. The number of carbonyl (C=O) groups excluding carboxylic acids is 2. The van der Waals surface area contributed by atoms with Crippen molar-refractivity contribution in [2.24, 2.45) is 0 Å². The Morgan fingerprint density at radius 3 is 2.20 bits per heavy atom. The molecule has 0 unspecified atom stereocenters. The molecule has 0 fully saturated rings. The molecule has 0 aliphatic heterocycles. The largest absolute Gasteiger partial charge is 0.480 e. The monoisotopic (exact) mass is 410 g/mol. The van der Waals surface area contributed by atoms with E-state index in [1.165, 1.54) is 11.1 Å². The number of amides is 2. The van der Waals surface area contributed by atoms with Gasteiger partial charge < -0.3 is 20.5 Å². The van der Waals surface area contributed by atoms with Crippen molar-refractivity contribution in [2.75, 3.05) is 13.2 Å². The Morgan fingerprint density at radius 2 is 1.63 bits per heavy atom. The van der Waals surface area contributed by atoms with Gasteiger partial charge in [-0.3, -0.25) is 4.79 Å². The summed E-state index contributed by atoms with van der Waals surface area (Å²) < 4.78 is 5.43. The highest BCUT2D eigenvalue weighted by Crippen LogP contribution is 2.44. The molecule has 0 spiro atoms. The molecule has 3 rings (SSSR count). The lowest BCUT2D eigenvalue weighted by atomic mass is 9.98. The third kappa shape index (κ3) is 4.97. The van der Waals surface area contributed by atoms with Crippen molar-refractivity contribution in [3.63, 3.8) is 0 Å². The van der Waals surface area contributed by atoms with E-state index < -0.39 is 18.1 Å². The quantitative estimate of drug-likeness (QED) is 0.550. The third-order valence-corrected chi connectivity index (χ3v) is 5.24. The van der Waals surface area contributed by atoms with Gasteiger partial charge in [-0.2, -0.15) is 0 Å². The first-order chi connectivity index (χ1) is 14.5. The van der Waals surface area contributed by atoms with Crippen LogP contribution in [-0.4, -0.2) is 42.3 Å². The van der Waals surface area contributed by atoms with Gasteiger partial charge in [0.25, 0.3) is 0 Å². The number of carboxylic acids is 1. The maximum absolute atomic E-state index is 12.1. The van der Waals surface area contributed by atoms with Crippen molar-refractivity contribution in [1.82, 2.24) is 10.6 Å². The number of hydrogen-bond donors (Lipinski definition) is 3. The summed E-state index contributed by atoms with van der Waals surface area (Å²) in [5.74, 6) is -1.41. The second kappa shape index (κ2) is 9.91. The second-order valence-corrected chi connectivity index (χ2v) is 7.22. The van der Waals surface area contributed by atoms with Crippen LogP contribution in [0.3, 0.4) is 0 Å². The van der Waals surface area contributed by atoms with Crippen molar-refractivity contribution in [3.8, 4) is 11.1 Å². The lowest BCUT2D eigenvalue weighted by Crippen LogP contribution is -2.40. The number of benzene rings is 2. The molecule has 1 aliphatic carbocycles. The Hall–Kier alpha value is -3.35. The number of hydrogen-bond acceptors (Lipinski definition) is 4. The molecule has 30 heavy (non-hydrogen) atoms. The van der Waals surface area contributed by atoms with E-state index in [1.54, 1.807) is 6.92 Å². The number of alkyl carbamates (subject to hydrolysis) is 1. The molecule has 0 radical (unpaired) electrons. The first-order valence-electron chi connectivity index (χ1n) is 10.1. The van der Waals surface area contributed by atoms with Gasteiger partial charge in [0.15, 0.2) is 0 Å². The summed E-state index contributed by atoms with van der Waals surface area (Å²) in [5.41, 5.74) is 4.62. The smallest absolute Gasteiger partial charge is 0.407 e. The fourth-order valence-electron chi connectivity index (χ4n) is 3.69. The van der Waals surface area contributed by atoms with E-state index in [0.717, 1.165) is 11.1 Å². The predicted octanol–water partition coefficient (Wildman–Crippen LogP) is 3.28.